The van der Waals surface area contributed by atoms with E-state index in [1.807, 2.05) is 6.07 Å². The zero-order valence-corrected chi connectivity index (χ0v) is 8.42. The molecule has 2 heterocycles. The van der Waals surface area contributed by atoms with Crippen molar-refractivity contribution in [1.82, 2.24) is 10.3 Å². The van der Waals surface area contributed by atoms with Crippen LogP contribution in [0.15, 0.2) is 18.3 Å². The second-order valence-corrected chi connectivity index (χ2v) is 3.86. The summed E-state index contributed by atoms with van der Waals surface area (Å²) in [7, 11) is 0. The van der Waals surface area contributed by atoms with Gasteiger partial charge in [-0.1, -0.05) is 17.7 Å². The zero-order valence-electron chi connectivity index (χ0n) is 7.66. The molecule has 1 atom stereocenters. The molecule has 0 aromatic carbocycles. The number of nitrogens with zero attached hydrogens (tertiary/aromatic N) is 1. The maximum absolute atomic E-state index is 11.3. The molecule has 0 aliphatic carbocycles. The molecular weight excluding hydrogens is 200 g/mol. The van der Waals surface area contributed by atoms with Gasteiger partial charge in [0, 0.05) is 18.7 Å². The first-order valence-electron chi connectivity index (χ1n) is 4.64. The highest BCUT2D eigenvalue weighted by Crippen LogP contribution is 2.16. The van der Waals surface area contributed by atoms with E-state index in [1.165, 1.54) is 0 Å². The molecule has 0 radical (unpaired) electrons. The van der Waals surface area contributed by atoms with Crippen LogP contribution in [0.3, 0.4) is 0 Å². The zero-order chi connectivity index (χ0) is 9.97. The Morgan fingerprint density at radius 3 is 3.00 bits per heavy atom. The van der Waals surface area contributed by atoms with Gasteiger partial charge in [-0.3, -0.25) is 4.79 Å². The predicted octanol–water partition coefficient (Wildman–Crippen LogP) is 1.41. The molecule has 0 spiro atoms. The fraction of sp³-hybridized carbons (Fsp3) is 0.400. The van der Waals surface area contributed by atoms with E-state index in [1.54, 1.807) is 12.3 Å². The normalized spacial score (nSPS) is 20.9. The van der Waals surface area contributed by atoms with E-state index in [9.17, 15) is 4.79 Å². The lowest BCUT2D eigenvalue weighted by Crippen LogP contribution is -2.20. The van der Waals surface area contributed by atoms with Crippen LogP contribution in [-0.2, 0) is 11.2 Å². The molecule has 1 aromatic heterocycles. The summed E-state index contributed by atoms with van der Waals surface area (Å²) >= 11 is 5.67. The van der Waals surface area contributed by atoms with Gasteiger partial charge in [0.2, 0.25) is 5.91 Å². The van der Waals surface area contributed by atoms with E-state index in [0.717, 1.165) is 24.9 Å². The summed E-state index contributed by atoms with van der Waals surface area (Å²) < 4.78 is 0. The molecule has 1 N–H and O–H groups in total. The first-order valence-corrected chi connectivity index (χ1v) is 5.01. The van der Waals surface area contributed by atoms with Crippen molar-refractivity contribution in [1.29, 1.82) is 0 Å². The number of carbonyl (C=O) groups is 1. The molecule has 1 saturated heterocycles. The fourth-order valence-electron chi connectivity index (χ4n) is 1.65. The molecule has 1 aliphatic heterocycles. The summed E-state index contributed by atoms with van der Waals surface area (Å²) in [6.45, 7) is 0.796. The van der Waals surface area contributed by atoms with Gasteiger partial charge in [-0.05, 0) is 24.5 Å². The number of nitrogens with one attached hydrogen (secondary N) is 1. The highest BCUT2D eigenvalue weighted by Gasteiger charge is 2.23. The second-order valence-electron chi connectivity index (χ2n) is 3.47. The summed E-state index contributed by atoms with van der Waals surface area (Å²) in [6, 6.07) is 3.67. The molecule has 1 fully saturated rings. The molecule has 1 amide bonds. The molecule has 1 aromatic rings. The van der Waals surface area contributed by atoms with Crippen LogP contribution in [0, 0.1) is 5.92 Å². The van der Waals surface area contributed by atoms with Gasteiger partial charge in [-0.15, -0.1) is 0 Å². The number of rotatable bonds is 2. The maximum Gasteiger partial charge on any atom is 0.223 e. The maximum atomic E-state index is 11.3. The minimum atomic E-state index is 0.109. The molecule has 4 heteroatoms. The summed E-state index contributed by atoms with van der Waals surface area (Å²) in [6.07, 6.45) is 3.41. The number of hydrogen-bond donors (Lipinski definition) is 1. The number of carbonyl (C=O) groups excluding carboxylic acids is 1. The molecular formula is C10H11ClN2O. The van der Waals surface area contributed by atoms with E-state index in [4.69, 9.17) is 11.6 Å². The van der Waals surface area contributed by atoms with Crippen LogP contribution >= 0.6 is 11.6 Å². The van der Waals surface area contributed by atoms with Gasteiger partial charge in [0.05, 0.1) is 0 Å². The first-order chi connectivity index (χ1) is 6.75. The van der Waals surface area contributed by atoms with Crippen LogP contribution in [0.2, 0.25) is 5.15 Å². The summed E-state index contributed by atoms with van der Waals surface area (Å²) in [5.41, 5.74) is 1.07. The van der Waals surface area contributed by atoms with Gasteiger partial charge in [0.25, 0.3) is 0 Å². The quantitative estimate of drug-likeness (QED) is 0.751. The minimum Gasteiger partial charge on any atom is -0.356 e. The Balaban J connectivity index is 2.03. The topological polar surface area (TPSA) is 42.0 Å². The fourth-order valence-corrected chi connectivity index (χ4v) is 1.76. The van der Waals surface area contributed by atoms with Crippen LogP contribution in [0.25, 0.3) is 0 Å². The molecule has 1 unspecified atom stereocenters. The van der Waals surface area contributed by atoms with E-state index in [-0.39, 0.29) is 11.8 Å². The molecule has 0 bridgehead atoms. The second kappa shape index (κ2) is 3.96. The van der Waals surface area contributed by atoms with Crippen molar-refractivity contribution in [2.75, 3.05) is 6.54 Å². The Hall–Kier alpha value is -1.09. The van der Waals surface area contributed by atoms with Crippen LogP contribution in [0.1, 0.15) is 12.0 Å². The van der Waals surface area contributed by atoms with Gasteiger partial charge in [-0.2, -0.15) is 0 Å². The third-order valence-corrected chi connectivity index (χ3v) is 2.66. The van der Waals surface area contributed by atoms with E-state index in [2.05, 4.69) is 10.3 Å². The SMILES string of the molecule is O=C1NCCC1Cc1ccc(Cl)nc1. The average Bonchev–Trinajstić information content (AvgIpc) is 2.56. The van der Waals surface area contributed by atoms with E-state index in [0.29, 0.717) is 5.15 Å². The third-order valence-electron chi connectivity index (χ3n) is 2.43. The summed E-state index contributed by atoms with van der Waals surface area (Å²) in [5, 5.41) is 3.31. The lowest BCUT2D eigenvalue weighted by molar-refractivity contribution is -0.122. The lowest BCUT2D eigenvalue weighted by Gasteiger charge is -2.05. The molecule has 14 heavy (non-hydrogen) atoms. The largest absolute Gasteiger partial charge is 0.356 e. The van der Waals surface area contributed by atoms with Crippen LogP contribution in [0.4, 0.5) is 0 Å². The minimum absolute atomic E-state index is 0.109. The van der Waals surface area contributed by atoms with Crippen molar-refractivity contribution in [2.45, 2.75) is 12.8 Å². The molecule has 1 aliphatic rings. The van der Waals surface area contributed by atoms with Crippen molar-refractivity contribution in [2.24, 2.45) is 5.92 Å². The Bertz CT molecular complexity index is 336. The van der Waals surface area contributed by atoms with Crippen molar-refractivity contribution in [3.05, 3.63) is 29.0 Å². The third kappa shape index (κ3) is 2.04. The Morgan fingerprint density at radius 2 is 2.43 bits per heavy atom. The molecule has 2 rings (SSSR count). The molecule has 0 saturated carbocycles. The van der Waals surface area contributed by atoms with Crippen molar-refractivity contribution < 1.29 is 4.79 Å². The lowest BCUT2D eigenvalue weighted by atomic mass is 9.99. The average molecular weight is 211 g/mol. The van der Waals surface area contributed by atoms with Gasteiger partial charge in [0.1, 0.15) is 5.15 Å². The monoisotopic (exact) mass is 210 g/mol. The number of hydrogen-bond acceptors (Lipinski definition) is 2. The van der Waals surface area contributed by atoms with Crippen molar-refractivity contribution in [3.8, 4) is 0 Å². The standard InChI is InChI=1S/C10H11ClN2O/c11-9-2-1-7(6-13-9)5-8-3-4-12-10(8)14/h1-2,6,8H,3-5H2,(H,12,14). The van der Waals surface area contributed by atoms with Crippen LogP contribution in [0.5, 0.6) is 0 Å². The Labute approximate surface area is 87.5 Å². The Morgan fingerprint density at radius 1 is 1.57 bits per heavy atom. The Kier molecular flexibility index (Phi) is 2.68. The van der Waals surface area contributed by atoms with E-state index >= 15 is 0 Å². The highest BCUT2D eigenvalue weighted by atomic mass is 35.5. The van der Waals surface area contributed by atoms with Crippen LogP contribution in [-0.4, -0.2) is 17.4 Å². The number of pyridine rings is 1. The van der Waals surface area contributed by atoms with Gasteiger partial charge in [-0.25, -0.2) is 4.98 Å². The van der Waals surface area contributed by atoms with Crippen molar-refractivity contribution in [3.63, 3.8) is 0 Å². The van der Waals surface area contributed by atoms with Gasteiger partial charge < -0.3 is 5.32 Å². The summed E-state index contributed by atoms with van der Waals surface area (Å²) in [5.74, 6) is 0.262. The summed E-state index contributed by atoms with van der Waals surface area (Å²) in [4.78, 5) is 15.3. The first kappa shape index (κ1) is 9.46. The predicted molar refractivity (Wildman–Crippen MR) is 54.1 cm³/mol. The van der Waals surface area contributed by atoms with Gasteiger partial charge >= 0.3 is 0 Å². The molecule has 74 valence electrons. The highest BCUT2D eigenvalue weighted by molar-refractivity contribution is 6.29. The number of amides is 1. The smallest absolute Gasteiger partial charge is 0.223 e. The van der Waals surface area contributed by atoms with Gasteiger partial charge in [0.15, 0.2) is 0 Å². The number of aromatic nitrogens is 1. The van der Waals surface area contributed by atoms with Crippen molar-refractivity contribution >= 4 is 17.5 Å². The number of halogens is 1. The van der Waals surface area contributed by atoms with E-state index < -0.39 is 0 Å². The van der Waals surface area contributed by atoms with Crippen LogP contribution < -0.4 is 5.32 Å². The molecule has 3 nitrogen and oxygen atoms in total.